The molecule has 0 aromatic carbocycles. The number of likely N-dealkylation sites (tertiary alicyclic amines) is 1. The van der Waals surface area contributed by atoms with Crippen molar-refractivity contribution in [1.29, 1.82) is 0 Å². The van der Waals surface area contributed by atoms with Crippen molar-refractivity contribution >= 4 is 15.9 Å². The third kappa shape index (κ3) is 3.04. The maximum absolute atomic E-state index is 12.2. The summed E-state index contributed by atoms with van der Waals surface area (Å²) >= 11 is 0. The SMILES string of the molecule is CS(=O)(=O)NCC[C@@H]1CCOC12CN(C(=O)c1ccco1)C2. The molecule has 1 aromatic heterocycles. The van der Waals surface area contributed by atoms with E-state index in [4.69, 9.17) is 9.15 Å². The molecule has 0 bridgehead atoms. The van der Waals surface area contributed by atoms with Gasteiger partial charge in [-0.15, -0.1) is 0 Å². The predicted octanol–water partition coefficient (Wildman–Crippen LogP) is 0.450. The molecule has 1 spiro atoms. The molecule has 1 N–H and O–H groups in total. The predicted molar refractivity (Wildman–Crippen MR) is 78.9 cm³/mol. The Balaban J connectivity index is 1.55. The Morgan fingerprint density at radius 2 is 2.27 bits per heavy atom. The van der Waals surface area contributed by atoms with Gasteiger partial charge in [0.1, 0.15) is 5.60 Å². The number of ether oxygens (including phenoxy) is 1. The molecule has 0 aliphatic carbocycles. The lowest BCUT2D eigenvalue weighted by atomic mass is 9.79. The van der Waals surface area contributed by atoms with Crippen molar-refractivity contribution < 1.29 is 22.4 Å². The van der Waals surface area contributed by atoms with E-state index in [9.17, 15) is 13.2 Å². The molecule has 0 saturated carbocycles. The Labute approximate surface area is 129 Å². The lowest BCUT2D eigenvalue weighted by Crippen LogP contribution is -2.66. The van der Waals surface area contributed by atoms with Crippen molar-refractivity contribution in [2.45, 2.75) is 18.4 Å². The molecule has 1 aromatic rings. The van der Waals surface area contributed by atoms with Crippen LogP contribution in [-0.4, -0.2) is 57.3 Å². The number of hydrogen-bond acceptors (Lipinski definition) is 5. The molecular weight excluding hydrogens is 308 g/mol. The van der Waals surface area contributed by atoms with E-state index in [2.05, 4.69) is 4.72 Å². The van der Waals surface area contributed by atoms with Crippen LogP contribution in [0.3, 0.4) is 0 Å². The summed E-state index contributed by atoms with van der Waals surface area (Å²) in [4.78, 5) is 13.9. The standard InChI is InChI=1S/C14H20N2O5S/c1-22(18,19)15-6-4-11-5-8-21-14(11)9-16(10-14)13(17)12-3-2-7-20-12/h2-3,7,11,15H,4-6,8-10H2,1H3/t11-/m1/s1. The number of hydrogen-bond donors (Lipinski definition) is 1. The Morgan fingerprint density at radius 1 is 1.50 bits per heavy atom. The van der Waals surface area contributed by atoms with Gasteiger partial charge in [-0.1, -0.05) is 0 Å². The normalized spacial score (nSPS) is 23.7. The van der Waals surface area contributed by atoms with E-state index in [0.717, 1.165) is 19.1 Å². The number of carbonyl (C=O) groups is 1. The zero-order valence-corrected chi connectivity index (χ0v) is 13.3. The molecule has 0 radical (unpaired) electrons. The van der Waals surface area contributed by atoms with Crippen LogP contribution in [0.15, 0.2) is 22.8 Å². The van der Waals surface area contributed by atoms with E-state index >= 15 is 0 Å². The fourth-order valence-corrected chi connectivity index (χ4v) is 3.75. The Kier molecular flexibility index (Phi) is 4.00. The van der Waals surface area contributed by atoms with Gasteiger partial charge in [0.2, 0.25) is 10.0 Å². The van der Waals surface area contributed by atoms with Gasteiger partial charge in [-0.05, 0) is 30.9 Å². The van der Waals surface area contributed by atoms with Gasteiger partial charge >= 0.3 is 0 Å². The first kappa shape index (κ1) is 15.5. The highest BCUT2D eigenvalue weighted by Gasteiger charge is 2.54. The van der Waals surface area contributed by atoms with Crippen molar-refractivity contribution in [3.8, 4) is 0 Å². The number of rotatable bonds is 5. The quantitative estimate of drug-likeness (QED) is 0.848. The largest absolute Gasteiger partial charge is 0.459 e. The van der Waals surface area contributed by atoms with E-state index in [0.29, 0.717) is 32.0 Å². The molecule has 122 valence electrons. The minimum Gasteiger partial charge on any atom is -0.459 e. The van der Waals surface area contributed by atoms with Gasteiger partial charge in [-0.3, -0.25) is 4.79 Å². The third-order valence-corrected chi connectivity index (χ3v) is 5.12. The maximum atomic E-state index is 12.2. The molecule has 1 atom stereocenters. The molecule has 2 saturated heterocycles. The fourth-order valence-electron chi connectivity index (χ4n) is 3.26. The van der Waals surface area contributed by atoms with Crippen LogP contribution in [0.2, 0.25) is 0 Å². The van der Waals surface area contributed by atoms with Crippen LogP contribution in [0.5, 0.6) is 0 Å². The lowest BCUT2D eigenvalue weighted by molar-refractivity contribution is -0.118. The summed E-state index contributed by atoms with van der Waals surface area (Å²) in [6.07, 6.45) is 4.25. The zero-order valence-electron chi connectivity index (χ0n) is 12.4. The number of sulfonamides is 1. The summed E-state index contributed by atoms with van der Waals surface area (Å²) in [6, 6.07) is 3.34. The van der Waals surface area contributed by atoms with Gasteiger partial charge in [0, 0.05) is 13.2 Å². The first-order chi connectivity index (χ1) is 10.4. The van der Waals surface area contributed by atoms with Crippen molar-refractivity contribution in [3.63, 3.8) is 0 Å². The lowest BCUT2D eigenvalue weighted by Gasteiger charge is -2.50. The second-order valence-corrected chi connectivity index (χ2v) is 7.83. The van der Waals surface area contributed by atoms with Crippen LogP contribution < -0.4 is 4.72 Å². The van der Waals surface area contributed by atoms with E-state index in [1.807, 2.05) is 0 Å². The van der Waals surface area contributed by atoms with Crippen LogP contribution in [0.1, 0.15) is 23.4 Å². The number of amides is 1. The highest BCUT2D eigenvalue weighted by Crippen LogP contribution is 2.42. The van der Waals surface area contributed by atoms with Crippen LogP contribution in [-0.2, 0) is 14.8 Å². The average molecular weight is 328 g/mol. The van der Waals surface area contributed by atoms with Gasteiger partial charge in [-0.2, -0.15) is 0 Å². The van der Waals surface area contributed by atoms with Crippen molar-refractivity contribution in [1.82, 2.24) is 9.62 Å². The van der Waals surface area contributed by atoms with Crippen molar-refractivity contribution in [2.75, 3.05) is 32.5 Å². The summed E-state index contributed by atoms with van der Waals surface area (Å²) in [5.41, 5.74) is -0.318. The minimum absolute atomic E-state index is 0.126. The van der Waals surface area contributed by atoms with Crippen LogP contribution in [0, 0.1) is 5.92 Å². The van der Waals surface area contributed by atoms with E-state index in [-0.39, 0.29) is 17.4 Å². The third-order valence-electron chi connectivity index (χ3n) is 4.39. The molecule has 2 fully saturated rings. The van der Waals surface area contributed by atoms with Crippen LogP contribution in [0.4, 0.5) is 0 Å². The van der Waals surface area contributed by atoms with Gasteiger partial charge in [0.25, 0.3) is 5.91 Å². The second kappa shape index (κ2) is 5.68. The van der Waals surface area contributed by atoms with E-state index < -0.39 is 10.0 Å². The summed E-state index contributed by atoms with van der Waals surface area (Å²) < 4.78 is 35.7. The smallest absolute Gasteiger partial charge is 0.289 e. The monoisotopic (exact) mass is 328 g/mol. The number of carbonyl (C=O) groups excluding carboxylic acids is 1. The number of furan rings is 1. The highest BCUT2D eigenvalue weighted by molar-refractivity contribution is 7.88. The highest BCUT2D eigenvalue weighted by atomic mass is 32.2. The van der Waals surface area contributed by atoms with Crippen molar-refractivity contribution in [2.24, 2.45) is 5.92 Å². The topological polar surface area (TPSA) is 88.9 Å². The fraction of sp³-hybridized carbons (Fsp3) is 0.643. The maximum Gasteiger partial charge on any atom is 0.289 e. The zero-order chi connectivity index (χ0) is 15.8. The first-order valence-electron chi connectivity index (χ1n) is 7.31. The molecule has 1 amide bonds. The van der Waals surface area contributed by atoms with Gasteiger partial charge < -0.3 is 14.1 Å². The minimum atomic E-state index is -3.16. The van der Waals surface area contributed by atoms with Crippen LogP contribution in [0.25, 0.3) is 0 Å². The molecule has 2 aliphatic rings. The molecule has 22 heavy (non-hydrogen) atoms. The Hall–Kier alpha value is -1.38. The molecule has 7 nitrogen and oxygen atoms in total. The van der Waals surface area contributed by atoms with Crippen LogP contribution >= 0.6 is 0 Å². The van der Waals surface area contributed by atoms with E-state index in [1.165, 1.54) is 6.26 Å². The second-order valence-electron chi connectivity index (χ2n) is 5.99. The first-order valence-corrected chi connectivity index (χ1v) is 9.20. The molecule has 0 unspecified atom stereocenters. The molecule has 2 aliphatic heterocycles. The number of nitrogens with one attached hydrogen (secondary N) is 1. The molecule has 3 rings (SSSR count). The Bertz CT molecular complexity index is 634. The molecule has 8 heteroatoms. The van der Waals surface area contributed by atoms with Gasteiger partial charge in [0.05, 0.1) is 25.6 Å². The Morgan fingerprint density at radius 3 is 2.91 bits per heavy atom. The van der Waals surface area contributed by atoms with Gasteiger partial charge in [0.15, 0.2) is 5.76 Å². The summed E-state index contributed by atoms with van der Waals surface area (Å²) in [5, 5.41) is 0. The average Bonchev–Trinajstić information content (AvgIpc) is 3.03. The molecule has 3 heterocycles. The molecular formula is C14H20N2O5S. The van der Waals surface area contributed by atoms with Crippen molar-refractivity contribution in [3.05, 3.63) is 24.2 Å². The van der Waals surface area contributed by atoms with Gasteiger partial charge in [-0.25, -0.2) is 13.1 Å². The summed E-state index contributed by atoms with van der Waals surface area (Å²) in [5.74, 6) is 0.477. The van der Waals surface area contributed by atoms with E-state index in [1.54, 1.807) is 17.0 Å². The summed E-state index contributed by atoms with van der Waals surface area (Å²) in [7, 11) is -3.16. The summed E-state index contributed by atoms with van der Waals surface area (Å²) in [6.45, 7) is 2.14. The number of nitrogens with zero attached hydrogens (tertiary/aromatic N) is 1.